The molecule has 2 aromatic carbocycles. The molecule has 2 aromatic heterocycles. The van der Waals surface area contributed by atoms with Gasteiger partial charge in [-0.3, -0.25) is 14.5 Å². The summed E-state index contributed by atoms with van der Waals surface area (Å²) in [5.41, 5.74) is 11.8. The van der Waals surface area contributed by atoms with Gasteiger partial charge in [-0.25, -0.2) is 4.98 Å². The van der Waals surface area contributed by atoms with Crippen molar-refractivity contribution < 1.29 is 4.79 Å². The van der Waals surface area contributed by atoms with Crippen molar-refractivity contribution in [3.63, 3.8) is 0 Å². The molecular weight excluding hydrogens is 484 g/mol. The number of hydrogen-bond acceptors (Lipinski definition) is 5. The van der Waals surface area contributed by atoms with Crippen molar-refractivity contribution in [2.45, 2.75) is 46.2 Å². The van der Waals surface area contributed by atoms with Crippen LogP contribution in [0.2, 0.25) is 0 Å². The number of nitrogens with one attached hydrogen (secondary N) is 1. The maximum atomic E-state index is 13.2. The van der Waals surface area contributed by atoms with Crippen molar-refractivity contribution in [3.8, 4) is 0 Å². The highest BCUT2D eigenvalue weighted by Crippen LogP contribution is 2.21. The van der Waals surface area contributed by atoms with E-state index < -0.39 is 0 Å². The van der Waals surface area contributed by atoms with Crippen LogP contribution in [0.25, 0.3) is 10.8 Å². The standard InChI is InChI=1S/C32H36N6O/c1-5-6-23(4)18-34-15-13-24-7-9-25(10-8-24)20-38-21-29(30(37-38)22(2)3)32(39)36-19-26-11-12-28-27(17-26)14-16-35-31(28)33/h5-12,14,16-18,21-22H,1,13,15,19-20H2,2-4H3,(H2,33,35)(H,36,39)/b23-6-,34-18?. The number of nitrogens with two attached hydrogens (primary N) is 1. The lowest BCUT2D eigenvalue weighted by molar-refractivity contribution is 0.0949. The average Bonchev–Trinajstić information content (AvgIpc) is 3.35. The minimum absolute atomic E-state index is 0.121. The smallest absolute Gasteiger partial charge is 0.255 e. The summed E-state index contributed by atoms with van der Waals surface area (Å²) in [4.78, 5) is 21.8. The Morgan fingerprint density at radius 1 is 1.13 bits per heavy atom. The zero-order valence-corrected chi connectivity index (χ0v) is 22.9. The Hall–Kier alpha value is -4.52. The zero-order valence-electron chi connectivity index (χ0n) is 22.9. The lowest BCUT2D eigenvalue weighted by Gasteiger charge is -2.08. The van der Waals surface area contributed by atoms with E-state index in [2.05, 4.69) is 60.0 Å². The number of rotatable bonds is 11. The molecule has 0 bridgehead atoms. The highest BCUT2D eigenvalue weighted by atomic mass is 16.1. The number of nitrogens with zero attached hydrogens (tertiary/aromatic N) is 4. The van der Waals surface area contributed by atoms with Crippen molar-refractivity contribution >= 4 is 28.7 Å². The van der Waals surface area contributed by atoms with Gasteiger partial charge in [0.2, 0.25) is 0 Å². The van der Waals surface area contributed by atoms with E-state index in [1.165, 1.54) is 5.56 Å². The Kier molecular flexibility index (Phi) is 9.05. The van der Waals surface area contributed by atoms with Crippen molar-refractivity contribution in [1.29, 1.82) is 0 Å². The molecule has 0 spiro atoms. The average molecular weight is 521 g/mol. The molecule has 7 heteroatoms. The molecule has 1 amide bonds. The summed E-state index contributed by atoms with van der Waals surface area (Å²) in [6.07, 6.45) is 10.00. The first-order chi connectivity index (χ1) is 18.8. The van der Waals surface area contributed by atoms with E-state index in [0.29, 0.717) is 24.5 Å². The molecule has 200 valence electrons. The van der Waals surface area contributed by atoms with E-state index in [-0.39, 0.29) is 11.8 Å². The maximum absolute atomic E-state index is 13.2. The van der Waals surface area contributed by atoms with Crippen LogP contribution in [-0.4, -0.2) is 33.4 Å². The molecule has 0 fully saturated rings. The maximum Gasteiger partial charge on any atom is 0.255 e. The normalized spacial score (nSPS) is 11.9. The Morgan fingerprint density at radius 2 is 1.87 bits per heavy atom. The van der Waals surface area contributed by atoms with Gasteiger partial charge in [0.1, 0.15) is 5.82 Å². The van der Waals surface area contributed by atoms with Gasteiger partial charge in [0.05, 0.1) is 17.8 Å². The summed E-state index contributed by atoms with van der Waals surface area (Å²) in [7, 11) is 0. The second kappa shape index (κ2) is 12.8. The predicted molar refractivity (Wildman–Crippen MR) is 160 cm³/mol. The largest absolute Gasteiger partial charge is 0.383 e. The van der Waals surface area contributed by atoms with Crippen molar-refractivity contribution in [2.24, 2.45) is 4.99 Å². The third kappa shape index (κ3) is 7.29. The van der Waals surface area contributed by atoms with Gasteiger partial charge in [0.15, 0.2) is 0 Å². The van der Waals surface area contributed by atoms with Gasteiger partial charge in [-0.2, -0.15) is 5.10 Å². The second-order valence-corrected chi connectivity index (χ2v) is 9.96. The highest BCUT2D eigenvalue weighted by molar-refractivity contribution is 5.95. The van der Waals surface area contributed by atoms with Gasteiger partial charge in [-0.05, 0) is 59.0 Å². The van der Waals surface area contributed by atoms with E-state index in [0.717, 1.165) is 46.1 Å². The van der Waals surface area contributed by atoms with Gasteiger partial charge < -0.3 is 11.1 Å². The van der Waals surface area contributed by atoms with Gasteiger partial charge >= 0.3 is 0 Å². The monoisotopic (exact) mass is 520 g/mol. The van der Waals surface area contributed by atoms with E-state index in [1.807, 2.05) is 54.4 Å². The Labute approximate surface area is 230 Å². The van der Waals surface area contributed by atoms with Crippen LogP contribution >= 0.6 is 0 Å². The van der Waals surface area contributed by atoms with Crippen LogP contribution in [0.1, 0.15) is 59.4 Å². The van der Waals surface area contributed by atoms with Crippen molar-refractivity contribution in [3.05, 3.63) is 113 Å². The minimum atomic E-state index is -0.131. The molecule has 7 nitrogen and oxygen atoms in total. The van der Waals surface area contributed by atoms with E-state index >= 15 is 0 Å². The first-order valence-corrected chi connectivity index (χ1v) is 13.2. The second-order valence-electron chi connectivity index (χ2n) is 9.96. The summed E-state index contributed by atoms with van der Waals surface area (Å²) >= 11 is 0. The molecule has 0 aliphatic carbocycles. The molecule has 0 unspecified atom stereocenters. The van der Waals surface area contributed by atoms with Gasteiger partial charge in [0, 0.05) is 37.1 Å². The van der Waals surface area contributed by atoms with Crippen LogP contribution in [-0.2, 0) is 19.5 Å². The molecule has 0 aliphatic rings. The van der Waals surface area contributed by atoms with Crippen LogP contribution in [0.15, 0.2) is 90.2 Å². The third-order valence-electron chi connectivity index (χ3n) is 6.47. The molecule has 39 heavy (non-hydrogen) atoms. The summed E-state index contributed by atoms with van der Waals surface area (Å²) < 4.78 is 1.85. The number of nitrogen functional groups attached to an aromatic ring is 1. The van der Waals surface area contributed by atoms with Gasteiger partial charge in [-0.15, -0.1) is 0 Å². The minimum Gasteiger partial charge on any atom is -0.383 e. The van der Waals surface area contributed by atoms with Crippen LogP contribution in [0.5, 0.6) is 0 Å². The first-order valence-electron chi connectivity index (χ1n) is 13.2. The number of carbonyl (C=O) groups is 1. The lowest BCUT2D eigenvalue weighted by Crippen LogP contribution is -2.23. The number of benzene rings is 2. The number of pyridine rings is 1. The number of amides is 1. The number of allylic oxidation sites excluding steroid dienone is 3. The summed E-state index contributed by atoms with van der Waals surface area (Å²) in [5, 5.41) is 9.71. The van der Waals surface area contributed by atoms with E-state index in [9.17, 15) is 4.79 Å². The first kappa shape index (κ1) is 27.5. The van der Waals surface area contributed by atoms with Crippen LogP contribution in [0.4, 0.5) is 5.82 Å². The van der Waals surface area contributed by atoms with Crippen LogP contribution < -0.4 is 11.1 Å². The van der Waals surface area contributed by atoms with Gasteiger partial charge in [0.25, 0.3) is 5.91 Å². The molecule has 3 N–H and O–H groups in total. The fourth-order valence-electron chi connectivity index (χ4n) is 4.39. The predicted octanol–water partition coefficient (Wildman–Crippen LogP) is 5.86. The van der Waals surface area contributed by atoms with Crippen LogP contribution in [0.3, 0.4) is 0 Å². The molecule has 0 atom stereocenters. The molecule has 0 saturated heterocycles. The molecule has 0 radical (unpaired) electrons. The van der Waals surface area contributed by atoms with E-state index in [4.69, 9.17) is 10.8 Å². The summed E-state index contributed by atoms with van der Waals surface area (Å²) in [6, 6.07) is 16.3. The fraction of sp³-hybridized carbons (Fsp3) is 0.250. The topological polar surface area (TPSA) is 98.2 Å². The Morgan fingerprint density at radius 3 is 2.62 bits per heavy atom. The Bertz CT molecular complexity index is 1510. The number of fused-ring (bicyclic) bond motifs is 1. The number of anilines is 1. The van der Waals surface area contributed by atoms with E-state index in [1.54, 1.807) is 12.3 Å². The highest BCUT2D eigenvalue weighted by Gasteiger charge is 2.19. The Balaban J connectivity index is 1.38. The number of aromatic nitrogens is 3. The summed E-state index contributed by atoms with van der Waals surface area (Å²) in [5.74, 6) is 0.493. The molecule has 0 aliphatic heterocycles. The number of carbonyl (C=O) groups excluding carboxylic acids is 1. The molecule has 4 rings (SSSR count). The van der Waals surface area contributed by atoms with Crippen LogP contribution in [0, 0.1) is 0 Å². The third-order valence-corrected chi connectivity index (χ3v) is 6.47. The quantitative estimate of drug-likeness (QED) is 0.191. The number of hydrogen-bond donors (Lipinski definition) is 2. The zero-order chi connectivity index (χ0) is 27.8. The molecule has 2 heterocycles. The van der Waals surface area contributed by atoms with Crippen molar-refractivity contribution in [1.82, 2.24) is 20.1 Å². The van der Waals surface area contributed by atoms with Gasteiger partial charge in [-0.1, -0.05) is 69.0 Å². The molecule has 0 saturated carbocycles. The molecular formula is C32H36N6O. The fourth-order valence-corrected chi connectivity index (χ4v) is 4.39. The van der Waals surface area contributed by atoms with Crippen molar-refractivity contribution in [2.75, 3.05) is 12.3 Å². The lowest BCUT2D eigenvalue weighted by atomic mass is 10.1. The SMILES string of the molecule is C=C/C=C(/C)C=NCCc1ccc(Cn2cc(C(=O)NCc3ccc4c(N)nccc4c3)c(C(C)C)n2)cc1. The number of aliphatic imine (C=N–C) groups is 1. The molecule has 4 aromatic rings. The summed E-state index contributed by atoms with van der Waals surface area (Å²) in [6.45, 7) is 11.6.